The van der Waals surface area contributed by atoms with Gasteiger partial charge in [0.2, 0.25) is 0 Å². The highest BCUT2D eigenvalue weighted by atomic mass is 19.1. The van der Waals surface area contributed by atoms with E-state index in [0.29, 0.717) is 31.7 Å². The van der Waals surface area contributed by atoms with Crippen molar-refractivity contribution in [2.45, 2.75) is 18.9 Å². The minimum atomic E-state index is -0.555. The van der Waals surface area contributed by atoms with Gasteiger partial charge < -0.3 is 19.9 Å². The predicted molar refractivity (Wildman–Crippen MR) is 86.4 cm³/mol. The highest BCUT2D eigenvalue weighted by Crippen LogP contribution is 2.26. The van der Waals surface area contributed by atoms with Gasteiger partial charge in [0.1, 0.15) is 11.8 Å². The molecule has 2 amide bonds. The Balaban J connectivity index is 1.66. The molecular weight excluding hydrogens is 331 g/mol. The number of halogens is 1. The van der Waals surface area contributed by atoms with Gasteiger partial charge >= 0.3 is 0 Å². The number of ether oxygens (including phenoxy) is 2. The lowest BCUT2D eigenvalue weighted by Gasteiger charge is -2.23. The first-order valence-electron chi connectivity index (χ1n) is 8.08. The van der Waals surface area contributed by atoms with E-state index in [1.165, 1.54) is 12.1 Å². The van der Waals surface area contributed by atoms with Crippen LogP contribution in [0.3, 0.4) is 0 Å². The second kappa shape index (κ2) is 7.62. The monoisotopic (exact) mass is 350 g/mol. The molecule has 2 N–H and O–H groups in total. The molecule has 7 nitrogen and oxygen atoms in total. The number of hydrogen-bond acceptors (Lipinski definition) is 6. The number of β-amino-alcohol motifs (C(OH)–C–C–N with tert-alkyl or cyclic N) is 1. The fourth-order valence-corrected chi connectivity index (χ4v) is 2.71. The number of anilines is 1. The molecule has 0 atom stereocenters. The van der Waals surface area contributed by atoms with Crippen LogP contribution in [0.1, 0.15) is 12.8 Å². The summed E-state index contributed by atoms with van der Waals surface area (Å²) in [6.45, 7) is 0.804. The maximum Gasteiger partial charge on any atom is 0.277 e. The Morgan fingerprint density at radius 3 is 2.76 bits per heavy atom. The van der Waals surface area contributed by atoms with Gasteiger partial charge in [0.15, 0.2) is 11.6 Å². The van der Waals surface area contributed by atoms with Crippen molar-refractivity contribution >= 4 is 17.5 Å². The highest BCUT2D eigenvalue weighted by molar-refractivity contribution is 6.17. The number of carbonyl (C=O) groups is 2. The SMILES string of the molecule is O=C1C=C(Nc2ccc(OC3CCOCC3)c(F)c2)C(=O)N1CCO. The van der Waals surface area contributed by atoms with Crippen LogP contribution < -0.4 is 10.1 Å². The largest absolute Gasteiger partial charge is 0.487 e. The van der Waals surface area contributed by atoms with Gasteiger partial charge in [-0.1, -0.05) is 0 Å². The fourth-order valence-electron chi connectivity index (χ4n) is 2.71. The second-order valence-corrected chi connectivity index (χ2v) is 5.78. The molecule has 25 heavy (non-hydrogen) atoms. The van der Waals surface area contributed by atoms with Crippen molar-refractivity contribution in [1.29, 1.82) is 0 Å². The zero-order valence-corrected chi connectivity index (χ0v) is 13.5. The maximum absolute atomic E-state index is 14.2. The van der Waals surface area contributed by atoms with Crippen molar-refractivity contribution in [2.24, 2.45) is 0 Å². The second-order valence-electron chi connectivity index (χ2n) is 5.78. The number of hydrogen-bond donors (Lipinski definition) is 2. The van der Waals surface area contributed by atoms with Crippen LogP contribution in [-0.4, -0.2) is 54.3 Å². The van der Waals surface area contributed by atoms with E-state index < -0.39 is 17.6 Å². The predicted octanol–water partition coefficient (Wildman–Crippen LogP) is 1.04. The quantitative estimate of drug-likeness (QED) is 0.746. The van der Waals surface area contributed by atoms with Gasteiger partial charge in [-0.2, -0.15) is 0 Å². The molecular formula is C17H19FN2O5. The summed E-state index contributed by atoms with van der Waals surface area (Å²) in [4.78, 5) is 24.7. The Hall–Kier alpha value is -2.45. The van der Waals surface area contributed by atoms with E-state index >= 15 is 0 Å². The maximum atomic E-state index is 14.2. The Bertz CT molecular complexity index is 700. The summed E-state index contributed by atoms with van der Waals surface area (Å²) in [6, 6.07) is 4.27. The topological polar surface area (TPSA) is 88.1 Å². The van der Waals surface area contributed by atoms with Gasteiger partial charge in [0.25, 0.3) is 11.8 Å². The molecule has 0 aromatic heterocycles. The molecule has 1 aromatic carbocycles. The van der Waals surface area contributed by atoms with E-state index in [1.807, 2.05) is 0 Å². The summed E-state index contributed by atoms with van der Waals surface area (Å²) < 4.78 is 25.1. The van der Waals surface area contributed by atoms with E-state index in [0.717, 1.165) is 11.0 Å². The van der Waals surface area contributed by atoms with Crippen molar-refractivity contribution < 1.29 is 28.6 Å². The summed E-state index contributed by atoms with van der Waals surface area (Å²) in [7, 11) is 0. The van der Waals surface area contributed by atoms with Crippen LogP contribution in [0.25, 0.3) is 0 Å². The fraction of sp³-hybridized carbons (Fsp3) is 0.412. The molecule has 1 fully saturated rings. The summed E-state index contributed by atoms with van der Waals surface area (Å²) in [5, 5.41) is 11.6. The molecule has 0 aliphatic carbocycles. The lowest BCUT2D eigenvalue weighted by atomic mass is 10.1. The summed E-state index contributed by atoms with van der Waals surface area (Å²) in [6.07, 6.45) is 2.47. The normalized spacial score (nSPS) is 18.5. The zero-order valence-electron chi connectivity index (χ0n) is 13.5. The first kappa shape index (κ1) is 17.4. The Labute approximate surface area is 144 Å². The third-order valence-corrected chi connectivity index (χ3v) is 4.01. The number of nitrogens with one attached hydrogen (secondary N) is 1. The minimum Gasteiger partial charge on any atom is -0.487 e. The number of aliphatic hydroxyl groups excluding tert-OH is 1. The summed E-state index contributed by atoms with van der Waals surface area (Å²) >= 11 is 0. The minimum absolute atomic E-state index is 0.0379. The number of amides is 2. The molecule has 1 saturated heterocycles. The average molecular weight is 350 g/mol. The van der Waals surface area contributed by atoms with E-state index in [2.05, 4.69) is 5.32 Å². The molecule has 3 rings (SSSR count). The van der Waals surface area contributed by atoms with Crippen LogP contribution in [0.2, 0.25) is 0 Å². The zero-order chi connectivity index (χ0) is 17.8. The van der Waals surface area contributed by atoms with Gasteiger partial charge in [-0.25, -0.2) is 4.39 Å². The standard InChI is InChI=1S/C17H19FN2O5/c18-13-9-11(1-2-15(13)25-12-3-7-24-8-4-12)19-14-10-16(22)20(5-6-21)17(14)23/h1-2,9-10,12,19,21H,3-8H2. The lowest BCUT2D eigenvalue weighted by Crippen LogP contribution is -2.34. The smallest absolute Gasteiger partial charge is 0.277 e. The van der Waals surface area contributed by atoms with Crippen molar-refractivity contribution in [3.05, 3.63) is 35.8 Å². The molecule has 0 unspecified atom stereocenters. The molecule has 1 aromatic rings. The summed E-state index contributed by atoms with van der Waals surface area (Å²) in [5.41, 5.74) is 0.367. The third kappa shape index (κ3) is 3.97. The van der Waals surface area contributed by atoms with Crippen LogP contribution in [0, 0.1) is 5.82 Å². The van der Waals surface area contributed by atoms with Crippen LogP contribution in [0.4, 0.5) is 10.1 Å². The van der Waals surface area contributed by atoms with Crippen molar-refractivity contribution in [1.82, 2.24) is 4.90 Å². The summed E-state index contributed by atoms with van der Waals surface area (Å²) in [5.74, 6) is -1.48. The Morgan fingerprint density at radius 2 is 2.08 bits per heavy atom. The van der Waals surface area contributed by atoms with E-state index in [1.54, 1.807) is 6.07 Å². The molecule has 0 radical (unpaired) electrons. The van der Waals surface area contributed by atoms with E-state index in [-0.39, 0.29) is 30.7 Å². The van der Waals surface area contributed by atoms with E-state index in [4.69, 9.17) is 14.6 Å². The Kier molecular flexibility index (Phi) is 5.30. The Morgan fingerprint density at radius 1 is 1.32 bits per heavy atom. The molecule has 0 bridgehead atoms. The molecule has 0 spiro atoms. The number of imide groups is 1. The van der Waals surface area contributed by atoms with Crippen molar-refractivity contribution in [3.8, 4) is 5.75 Å². The molecule has 134 valence electrons. The van der Waals surface area contributed by atoms with E-state index in [9.17, 15) is 14.0 Å². The average Bonchev–Trinajstić information content (AvgIpc) is 2.86. The number of aliphatic hydroxyl groups is 1. The van der Waals surface area contributed by atoms with Gasteiger partial charge in [0, 0.05) is 30.7 Å². The van der Waals surface area contributed by atoms with Crippen LogP contribution in [-0.2, 0) is 14.3 Å². The number of nitrogens with zero attached hydrogens (tertiary/aromatic N) is 1. The molecule has 2 aliphatic rings. The molecule has 8 heteroatoms. The van der Waals surface area contributed by atoms with Gasteiger partial charge in [-0.05, 0) is 12.1 Å². The highest BCUT2D eigenvalue weighted by Gasteiger charge is 2.30. The van der Waals surface area contributed by atoms with Gasteiger partial charge in [0.05, 0.1) is 26.4 Å². The molecule has 2 heterocycles. The van der Waals surface area contributed by atoms with Crippen molar-refractivity contribution in [2.75, 3.05) is 31.7 Å². The molecule has 2 aliphatic heterocycles. The van der Waals surface area contributed by atoms with Gasteiger partial charge in [-0.3, -0.25) is 14.5 Å². The molecule has 0 saturated carbocycles. The number of benzene rings is 1. The lowest BCUT2D eigenvalue weighted by molar-refractivity contribution is -0.137. The van der Waals surface area contributed by atoms with Crippen LogP contribution >= 0.6 is 0 Å². The van der Waals surface area contributed by atoms with Crippen LogP contribution in [0.15, 0.2) is 30.0 Å². The number of carbonyl (C=O) groups excluding carboxylic acids is 2. The number of rotatable bonds is 6. The van der Waals surface area contributed by atoms with Crippen molar-refractivity contribution in [3.63, 3.8) is 0 Å². The third-order valence-electron chi connectivity index (χ3n) is 4.01. The first-order chi connectivity index (χ1) is 12.1. The van der Waals surface area contributed by atoms with Crippen LogP contribution in [0.5, 0.6) is 5.75 Å². The first-order valence-corrected chi connectivity index (χ1v) is 8.08. The van der Waals surface area contributed by atoms with Gasteiger partial charge in [-0.15, -0.1) is 0 Å².